The summed E-state index contributed by atoms with van der Waals surface area (Å²) in [5.41, 5.74) is 0.838. The van der Waals surface area contributed by atoms with Crippen LogP contribution in [-0.4, -0.2) is 49.0 Å². The maximum atomic E-state index is 13.0. The first kappa shape index (κ1) is 19.1. The van der Waals surface area contributed by atoms with E-state index < -0.39 is 16.1 Å². The standard InChI is InChI=1S/C18H20N4O4S/c1-13-10-15(5-6-17(13)25-2)27(23,24)22-9-3-4-14(12-22)26-18-16(11-19)20-7-8-21-18/h5-8,10,14H,3-4,9,12H2,1-2H3/t14-/m0/s1. The van der Waals surface area contributed by atoms with Crippen molar-refractivity contribution < 1.29 is 17.9 Å². The zero-order valence-corrected chi connectivity index (χ0v) is 15.9. The van der Waals surface area contributed by atoms with Gasteiger partial charge < -0.3 is 9.47 Å². The van der Waals surface area contributed by atoms with E-state index in [2.05, 4.69) is 9.97 Å². The third-order valence-electron chi connectivity index (χ3n) is 4.39. The largest absolute Gasteiger partial charge is 0.496 e. The van der Waals surface area contributed by atoms with Gasteiger partial charge in [0.2, 0.25) is 15.7 Å². The second kappa shape index (κ2) is 7.90. The van der Waals surface area contributed by atoms with Crippen molar-refractivity contribution in [1.29, 1.82) is 5.26 Å². The van der Waals surface area contributed by atoms with Crippen LogP contribution in [0.1, 0.15) is 24.1 Å². The molecule has 2 aromatic rings. The van der Waals surface area contributed by atoms with Crippen LogP contribution in [0.15, 0.2) is 35.5 Å². The number of piperidine rings is 1. The summed E-state index contributed by atoms with van der Waals surface area (Å²) in [7, 11) is -2.11. The lowest BCUT2D eigenvalue weighted by molar-refractivity contribution is 0.124. The van der Waals surface area contributed by atoms with Crippen molar-refractivity contribution in [3.8, 4) is 17.7 Å². The molecule has 1 saturated heterocycles. The average molecular weight is 388 g/mol. The molecule has 8 nitrogen and oxygen atoms in total. The topological polar surface area (TPSA) is 105 Å². The zero-order chi connectivity index (χ0) is 19.4. The van der Waals surface area contributed by atoms with E-state index in [-0.39, 0.29) is 23.0 Å². The SMILES string of the molecule is COc1ccc(S(=O)(=O)N2CCC[C@H](Oc3nccnc3C#N)C2)cc1C. The molecule has 1 aromatic heterocycles. The van der Waals surface area contributed by atoms with Crippen molar-refractivity contribution in [2.24, 2.45) is 0 Å². The molecule has 0 aliphatic carbocycles. The van der Waals surface area contributed by atoms with E-state index in [4.69, 9.17) is 14.7 Å². The monoisotopic (exact) mass is 388 g/mol. The first-order valence-corrected chi connectivity index (χ1v) is 9.92. The fourth-order valence-corrected chi connectivity index (χ4v) is 4.62. The van der Waals surface area contributed by atoms with Gasteiger partial charge in [0.25, 0.3) is 5.88 Å². The third kappa shape index (κ3) is 4.02. The van der Waals surface area contributed by atoms with E-state index >= 15 is 0 Å². The van der Waals surface area contributed by atoms with Gasteiger partial charge in [0.1, 0.15) is 17.9 Å². The summed E-state index contributed by atoms with van der Waals surface area (Å²) < 4.78 is 38.4. The van der Waals surface area contributed by atoms with Crippen LogP contribution in [0.4, 0.5) is 0 Å². The van der Waals surface area contributed by atoms with Gasteiger partial charge in [0.05, 0.1) is 18.6 Å². The van der Waals surface area contributed by atoms with Gasteiger partial charge in [0.15, 0.2) is 0 Å². The molecule has 0 spiro atoms. The Hall–Kier alpha value is -2.70. The molecule has 1 atom stereocenters. The number of rotatable bonds is 5. The van der Waals surface area contributed by atoms with Gasteiger partial charge in [-0.25, -0.2) is 18.4 Å². The number of aromatic nitrogens is 2. The van der Waals surface area contributed by atoms with Crippen LogP contribution >= 0.6 is 0 Å². The average Bonchev–Trinajstić information content (AvgIpc) is 2.68. The van der Waals surface area contributed by atoms with E-state index in [1.807, 2.05) is 6.07 Å². The van der Waals surface area contributed by atoms with E-state index in [0.717, 1.165) is 5.56 Å². The van der Waals surface area contributed by atoms with E-state index in [1.165, 1.54) is 16.7 Å². The maximum absolute atomic E-state index is 13.0. The molecule has 0 saturated carbocycles. The highest BCUT2D eigenvalue weighted by Gasteiger charge is 2.32. The predicted molar refractivity (Wildman–Crippen MR) is 96.9 cm³/mol. The van der Waals surface area contributed by atoms with Gasteiger partial charge in [-0.2, -0.15) is 9.57 Å². The lowest BCUT2D eigenvalue weighted by Gasteiger charge is -2.32. The second-order valence-corrected chi connectivity index (χ2v) is 8.14. The molecule has 1 fully saturated rings. The van der Waals surface area contributed by atoms with E-state index in [0.29, 0.717) is 25.1 Å². The van der Waals surface area contributed by atoms with Gasteiger partial charge >= 0.3 is 0 Å². The minimum atomic E-state index is -3.65. The third-order valence-corrected chi connectivity index (χ3v) is 6.25. The molecule has 9 heteroatoms. The minimum absolute atomic E-state index is 0.0864. The Bertz CT molecular complexity index is 972. The number of sulfonamides is 1. The molecular formula is C18H20N4O4S. The number of hydrogen-bond acceptors (Lipinski definition) is 7. The lowest BCUT2D eigenvalue weighted by atomic mass is 10.1. The normalized spacial score (nSPS) is 17.9. The first-order chi connectivity index (χ1) is 13.0. The van der Waals surface area contributed by atoms with Crippen LogP contribution in [0.3, 0.4) is 0 Å². The molecule has 0 unspecified atom stereocenters. The van der Waals surface area contributed by atoms with Crippen molar-refractivity contribution in [3.63, 3.8) is 0 Å². The van der Waals surface area contributed by atoms with Crippen LogP contribution in [-0.2, 0) is 10.0 Å². The molecule has 0 bridgehead atoms. The molecule has 1 aliphatic heterocycles. The number of hydrogen-bond donors (Lipinski definition) is 0. The van der Waals surface area contributed by atoms with Gasteiger partial charge in [-0.05, 0) is 43.5 Å². The molecule has 1 aliphatic rings. The van der Waals surface area contributed by atoms with E-state index in [1.54, 1.807) is 32.2 Å². The van der Waals surface area contributed by atoms with Crippen molar-refractivity contribution in [2.75, 3.05) is 20.2 Å². The Balaban J connectivity index is 1.79. The number of nitrogens with zero attached hydrogens (tertiary/aromatic N) is 4. The van der Waals surface area contributed by atoms with Crippen LogP contribution in [0.2, 0.25) is 0 Å². The second-order valence-electron chi connectivity index (χ2n) is 6.20. The number of methoxy groups -OCH3 is 1. The highest BCUT2D eigenvalue weighted by molar-refractivity contribution is 7.89. The number of ether oxygens (including phenoxy) is 2. The fraction of sp³-hybridized carbons (Fsp3) is 0.389. The smallest absolute Gasteiger partial charge is 0.251 e. The molecule has 0 N–H and O–H groups in total. The summed E-state index contributed by atoms with van der Waals surface area (Å²) in [4.78, 5) is 8.16. The predicted octanol–water partition coefficient (Wildman–Crippen LogP) is 1.90. The quantitative estimate of drug-likeness (QED) is 0.770. The van der Waals surface area contributed by atoms with Crippen molar-refractivity contribution >= 4 is 10.0 Å². The molecule has 2 heterocycles. The highest BCUT2D eigenvalue weighted by Crippen LogP contribution is 2.27. The van der Waals surface area contributed by atoms with Crippen LogP contribution in [0.5, 0.6) is 11.6 Å². The Labute approximate surface area is 158 Å². The molecule has 3 rings (SSSR count). The van der Waals surface area contributed by atoms with Crippen molar-refractivity contribution in [3.05, 3.63) is 41.9 Å². The Morgan fingerprint density at radius 2 is 2.07 bits per heavy atom. The summed E-state index contributed by atoms with van der Waals surface area (Å²) in [5, 5.41) is 9.10. The summed E-state index contributed by atoms with van der Waals surface area (Å²) in [6.45, 7) is 2.41. The van der Waals surface area contributed by atoms with Gasteiger partial charge in [-0.3, -0.25) is 0 Å². The Morgan fingerprint density at radius 1 is 1.30 bits per heavy atom. The van der Waals surface area contributed by atoms with Crippen LogP contribution in [0.25, 0.3) is 0 Å². The van der Waals surface area contributed by atoms with E-state index in [9.17, 15) is 8.42 Å². The molecular weight excluding hydrogens is 368 g/mol. The number of benzene rings is 1. The van der Waals surface area contributed by atoms with Crippen LogP contribution < -0.4 is 9.47 Å². The Kier molecular flexibility index (Phi) is 5.58. The summed E-state index contributed by atoms with van der Waals surface area (Å²) in [5.74, 6) is 0.769. The summed E-state index contributed by atoms with van der Waals surface area (Å²) in [6, 6.07) is 6.73. The maximum Gasteiger partial charge on any atom is 0.251 e. The summed E-state index contributed by atoms with van der Waals surface area (Å²) >= 11 is 0. The zero-order valence-electron chi connectivity index (χ0n) is 15.1. The van der Waals surface area contributed by atoms with Gasteiger partial charge in [0, 0.05) is 18.9 Å². The number of nitriles is 1. The highest BCUT2D eigenvalue weighted by atomic mass is 32.2. The fourth-order valence-electron chi connectivity index (χ4n) is 3.03. The number of aryl methyl sites for hydroxylation is 1. The molecule has 1 aromatic carbocycles. The molecule has 142 valence electrons. The van der Waals surface area contributed by atoms with Crippen LogP contribution in [0, 0.1) is 18.3 Å². The molecule has 27 heavy (non-hydrogen) atoms. The first-order valence-electron chi connectivity index (χ1n) is 8.48. The van der Waals surface area contributed by atoms with Gasteiger partial charge in [-0.15, -0.1) is 0 Å². The van der Waals surface area contributed by atoms with Crippen molar-refractivity contribution in [1.82, 2.24) is 14.3 Å². The lowest BCUT2D eigenvalue weighted by Crippen LogP contribution is -2.44. The van der Waals surface area contributed by atoms with Gasteiger partial charge in [-0.1, -0.05) is 0 Å². The molecule has 0 amide bonds. The summed E-state index contributed by atoms with van der Waals surface area (Å²) in [6.07, 6.45) is 3.79. The molecule has 0 radical (unpaired) electrons. The minimum Gasteiger partial charge on any atom is -0.496 e. The van der Waals surface area contributed by atoms with Crippen molar-refractivity contribution in [2.45, 2.75) is 30.8 Å². The Morgan fingerprint density at radius 3 is 2.78 bits per heavy atom.